The Labute approximate surface area is 182 Å². The van der Waals surface area contributed by atoms with E-state index < -0.39 is 0 Å². The highest BCUT2D eigenvalue weighted by molar-refractivity contribution is 14.0. The summed E-state index contributed by atoms with van der Waals surface area (Å²) in [5, 5.41) is 7.28. The van der Waals surface area contributed by atoms with Crippen LogP contribution in [0.1, 0.15) is 52.9 Å². The van der Waals surface area contributed by atoms with Crippen LogP contribution in [0.25, 0.3) is 0 Å². The summed E-state index contributed by atoms with van der Waals surface area (Å²) >= 11 is 0. The maximum absolute atomic E-state index is 5.75. The largest absolute Gasteiger partial charge is 0.381 e. The van der Waals surface area contributed by atoms with E-state index in [-0.39, 0.29) is 40.5 Å². The van der Waals surface area contributed by atoms with E-state index in [1.54, 1.807) is 0 Å². The summed E-state index contributed by atoms with van der Waals surface area (Å²) in [5.41, 5.74) is 0.217. The SMILES string of the molecule is CN=C(NCC1(N2CCCC2)CCOCC1)NC1CC(C)(OC)C1(C)C.I. The monoisotopic (exact) mass is 494 g/mol. The Morgan fingerprint density at radius 1 is 1.19 bits per heavy atom. The minimum atomic E-state index is -0.0685. The zero-order valence-electron chi connectivity index (χ0n) is 17.8. The van der Waals surface area contributed by atoms with Gasteiger partial charge in [-0.05, 0) is 52.1 Å². The molecule has 2 heterocycles. The van der Waals surface area contributed by atoms with Crippen molar-refractivity contribution in [3.63, 3.8) is 0 Å². The van der Waals surface area contributed by atoms with Gasteiger partial charge in [0.2, 0.25) is 0 Å². The Morgan fingerprint density at radius 2 is 1.81 bits per heavy atom. The lowest BCUT2D eigenvalue weighted by molar-refractivity contribution is -0.176. The smallest absolute Gasteiger partial charge is 0.191 e. The molecule has 0 radical (unpaired) electrons. The number of methoxy groups -OCH3 is 1. The van der Waals surface area contributed by atoms with Gasteiger partial charge in [0.05, 0.1) is 5.60 Å². The molecule has 3 rings (SSSR count). The van der Waals surface area contributed by atoms with Crippen LogP contribution in [0, 0.1) is 5.41 Å². The van der Waals surface area contributed by atoms with E-state index in [1.807, 2.05) is 14.2 Å². The number of nitrogens with zero attached hydrogens (tertiary/aromatic N) is 2. The maximum atomic E-state index is 5.75. The zero-order chi connectivity index (χ0) is 18.8. The predicted molar refractivity (Wildman–Crippen MR) is 121 cm³/mol. The highest BCUT2D eigenvalue weighted by Crippen LogP contribution is 2.51. The van der Waals surface area contributed by atoms with Crippen LogP contribution in [0.4, 0.5) is 0 Å². The number of halogens is 1. The van der Waals surface area contributed by atoms with Gasteiger partial charge in [0.15, 0.2) is 5.96 Å². The maximum Gasteiger partial charge on any atom is 0.191 e. The molecule has 6 nitrogen and oxygen atoms in total. The molecule has 27 heavy (non-hydrogen) atoms. The molecular formula is C20H39IN4O2. The molecule has 2 unspecified atom stereocenters. The van der Waals surface area contributed by atoms with E-state index in [9.17, 15) is 0 Å². The van der Waals surface area contributed by atoms with Crippen LogP contribution in [0.5, 0.6) is 0 Å². The molecule has 2 atom stereocenters. The van der Waals surface area contributed by atoms with Crippen molar-refractivity contribution >= 4 is 29.9 Å². The molecular weight excluding hydrogens is 455 g/mol. The van der Waals surface area contributed by atoms with Gasteiger partial charge in [-0.3, -0.25) is 9.89 Å². The van der Waals surface area contributed by atoms with Crippen LogP contribution < -0.4 is 10.6 Å². The molecule has 0 aromatic rings. The second-order valence-electron chi connectivity index (χ2n) is 9.01. The Kier molecular flexibility index (Phi) is 7.84. The number of ether oxygens (including phenoxy) is 2. The van der Waals surface area contributed by atoms with Crippen LogP contribution in [-0.2, 0) is 9.47 Å². The number of hydrogen-bond acceptors (Lipinski definition) is 4. The fourth-order valence-corrected chi connectivity index (χ4v) is 4.88. The molecule has 2 aliphatic heterocycles. The summed E-state index contributed by atoms with van der Waals surface area (Å²) in [6.07, 6.45) is 5.85. The molecule has 0 bridgehead atoms. The van der Waals surface area contributed by atoms with Crippen molar-refractivity contribution in [3.8, 4) is 0 Å². The second kappa shape index (κ2) is 9.13. The quantitative estimate of drug-likeness (QED) is 0.350. The first-order chi connectivity index (χ1) is 12.4. The van der Waals surface area contributed by atoms with Crippen molar-refractivity contribution in [3.05, 3.63) is 0 Å². The lowest BCUT2D eigenvalue weighted by Gasteiger charge is -2.59. The molecule has 3 aliphatic rings. The van der Waals surface area contributed by atoms with E-state index in [0.29, 0.717) is 6.04 Å². The first-order valence-corrected chi connectivity index (χ1v) is 10.2. The fraction of sp³-hybridized carbons (Fsp3) is 0.950. The standard InChI is InChI=1S/C20H38N4O2.HI/c1-18(2)16(14-19(18,3)25-5)23-17(21-4)22-15-20(8-12-26-13-9-20)24-10-6-7-11-24;/h16H,6-15H2,1-5H3,(H2,21,22,23);1H. The van der Waals surface area contributed by atoms with E-state index in [1.165, 1.54) is 25.9 Å². The first-order valence-electron chi connectivity index (χ1n) is 10.2. The Morgan fingerprint density at radius 3 is 2.33 bits per heavy atom. The van der Waals surface area contributed by atoms with Crippen molar-refractivity contribution in [2.75, 3.05) is 47.0 Å². The van der Waals surface area contributed by atoms with E-state index in [4.69, 9.17) is 9.47 Å². The van der Waals surface area contributed by atoms with E-state index in [2.05, 4.69) is 41.3 Å². The molecule has 0 aromatic carbocycles. The third-order valence-corrected chi connectivity index (χ3v) is 7.60. The highest BCUT2D eigenvalue weighted by Gasteiger charge is 2.58. The van der Waals surface area contributed by atoms with E-state index in [0.717, 1.165) is 45.0 Å². The minimum absolute atomic E-state index is 0. The Bertz CT molecular complexity index is 516. The number of likely N-dealkylation sites (tertiary alicyclic amines) is 1. The van der Waals surface area contributed by atoms with Gasteiger partial charge in [-0.2, -0.15) is 0 Å². The van der Waals surface area contributed by atoms with Gasteiger partial charge in [-0.1, -0.05) is 13.8 Å². The molecule has 1 aliphatic carbocycles. The zero-order valence-corrected chi connectivity index (χ0v) is 20.1. The first kappa shape index (κ1) is 23.2. The summed E-state index contributed by atoms with van der Waals surface area (Å²) in [7, 11) is 3.68. The van der Waals surface area contributed by atoms with Crippen LogP contribution in [0.15, 0.2) is 4.99 Å². The molecule has 2 saturated heterocycles. The predicted octanol–water partition coefficient (Wildman–Crippen LogP) is 2.62. The molecule has 2 N–H and O–H groups in total. The number of nitrogens with one attached hydrogen (secondary N) is 2. The molecule has 0 aromatic heterocycles. The summed E-state index contributed by atoms with van der Waals surface area (Å²) in [6, 6.07) is 0.371. The molecule has 0 spiro atoms. The van der Waals surface area contributed by atoms with Crippen LogP contribution in [0.2, 0.25) is 0 Å². The number of rotatable bonds is 5. The summed E-state index contributed by atoms with van der Waals surface area (Å²) < 4.78 is 11.4. The fourth-order valence-electron chi connectivity index (χ4n) is 4.88. The van der Waals surface area contributed by atoms with Crippen LogP contribution in [-0.4, -0.2) is 75.0 Å². The van der Waals surface area contributed by atoms with Crippen LogP contribution in [0.3, 0.4) is 0 Å². The van der Waals surface area contributed by atoms with Gasteiger partial charge in [-0.25, -0.2) is 0 Å². The van der Waals surface area contributed by atoms with Crippen LogP contribution >= 0.6 is 24.0 Å². The highest BCUT2D eigenvalue weighted by atomic mass is 127. The summed E-state index contributed by atoms with van der Waals surface area (Å²) in [5.74, 6) is 0.909. The minimum Gasteiger partial charge on any atom is -0.381 e. The van der Waals surface area contributed by atoms with Crippen molar-refractivity contribution in [1.29, 1.82) is 0 Å². The summed E-state index contributed by atoms with van der Waals surface area (Å²) in [4.78, 5) is 7.18. The molecule has 3 fully saturated rings. The van der Waals surface area contributed by atoms with Gasteiger partial charge in [0, 0.05) is 50.9 Å². The second-order valence-corrected chi connectivity index (χ2v) is 9.01. The normalized spacial score (nSPS) is 33.1. The third kappa shape index (κ3) is 4.41. The van der Waals surface area contributed by atoms with Crippen molar-refractivity contribution in [2.45, 2.75) is 70.1 Å². The third-order valence-electron chi connectivity index (χ3n) is 7.60. The van der Waals surface area contributed by atoms with Gasteiger partial charge in [-0.15, -0.1) is 24.0 Å². The summed E-state index contributed by atoms with van der Waals surface area (Å²) in [6.45, 7) is 11.9. The van der Waals surface area contributed by atoms with Gasteiger partial charge >= 0.3 is 0 Å². The Balaban J connectivity index is 0.00000261. The molecule has 0 amide bonds. The lowest BCUT2D eigenvalue weighted by atomic mass is 9.56. The van der Waals surface area contributed by atoms with Gasteiger partial charge in [0.1, 0.15) is 0 Å². The Hall–Kier alpha value is -0.120. The molecule has 158 valence electrons. The average molecular weight is 494 g/mol. The topological polar surface area (TPSA) is 58.1 Å². The van der Waals surface area contributed by atoms with E-state index >= 15 is 0 Å². The molecule has 7 heteroatoms. The lowest BCUT2D eigenvalue weighted by Crippen LogP contribution is -2.70. The average Bonchev–Trinajstić information content (AvgIpc) is 3.20. The van der Waals surface area contributed by atoms with Crippen molar-refractivity contribution in [2.24, 2.45) is 10.4 Å². The van der Waals surface area contributed by atoms with Crippen molar-refractivity contribution < 1.29 is 9.47 Å². The van der Waals surface area contributed by atoms with Gasteiger partial charge < -0.3 is 20.1 Å². The number of guanidine groups is 1. The molecule has 1 saturated carbocycles. The number of aliphatic imine (C=N–C) groups is 1. The van der Waals surface area contributed by atoms with Gasteiger partial charge in [0.25, 0.3) is 0 Å². The number of hydrogen-bond donors (Lipinski definition) is 2. The van der Waals surface area contributed by atoms with Crippen molar-refractivity contribution in [1.82, 2.24) is 15.5 Å².